The minimum Gasteiger partial charge on any atom is -0.494 e. The molecule has 0 saturated heterocycles. The third kappa shape index (κ3) is 10.4. The molecule has 0 N–H and O–H groups in total. The number of rotatable bonds is 9. The number of ether oxygens (including phenoxy) is 2. The van der Waals surface area contributed by atoms with E-state index >= 15 is 0 Å². The molecule has 25 heavy (non-hydrogen) atoms. The molecule has 0 heterocycles. The first-order valence-electron chi connectivity index (χ1n) is 10.3. The Labute approximate surface area is 158 Å². The molecule has 148 valence electrons. The fourth-order valence-electron chi connectivity index (χ4n) is 2.33. The molecule has 0 aliphatic heterocycles. The lowest BCUT2D eigenvalue weighted by atomic mass is 9.97. The van der Waals surface area contributed by atoms with Gasteiger partial charge in [-0.15, -0.1) is 0 Å². The Kier molecular flexibility index (Phi) is 17.0. The van der Waals surface area contributed by atoms with Gasteiger partial charge in [0.25, 0.3) is 0 Å². The van der Waals surface area contributed by atoms with Crippen LogP contribution in [0.5, 0.6) is 11.5 Å². The Morgan fingerprint density at radius 2 is 1.20 bits per heavy atom. The van der Waals surface area contributed by atoms with Gasteiger partial charge in [0.1, 0.15) is 11.5 Å². The van der Waals surface area contributed by atoms with Crippen LogP contribution in [0.3, 0.4) is 0 Å². The van der Waals surface area contributed by atoms with Crippen LogP contribution in [-0.2, 0) is 0 Å². The van der Waals surface area contributed by atoms with E-state index in [9.17, 15) is 0 Å². The van der Waals surface area contributed by atoms with E-state index in [2.05, 4.69) is 34.6 Å². The molecule has 0 fully saturated rings. The summed E-state index contributed by atoms with van der Waals surface area (Å²) in [5, 5.41) is 0. The molecule has 0 bridgehead atoms. The van der Waals surface area contributed by atoms with Crippen LogP contribution in [0.4, 0.5) is 0 Å². The van der Waals surface area contributed by atoms with Crippen molar-refractivity contribution in [2.24, 2.45) is 11.8 Å². The Hall–Kier alpha value is -1.18. The second-order valence-corrected chi connectivity index (χ2v) is 6.25. The Bertz CT molecular complexity index is 426. The van der Waals surface area contributed by atoms with E-state index in [0.717, 1.165) is 24.0 Å². The zero-order valence-electron chi connectivity index (χ0n) is 18.7. The quantitative estimate of drug-likeness (QED) is 0.455. The van der Waals surface area contributed by atoms with E-state index in [4.69, 9.17) is 9.47 Å². The van der Waals surface area contributed by atoms with Gasteiger partial charge in [0.15, 0.2) is 0 Å². The van der Waals surface area contributed by atoms with Crippen molar-refractivity contribution in [3.05, 3.63) is 23.3 Å². The highest BCUT2D eigenvalue weighted by molar-refractivity contribution is 5.47. The van der Waals surface area contributed by atoms with Gasteiger partial charge < -0.3 is 9.47 Å². The van der Waals surface area contributed by atoms with Crippen LogP contribution in [0, 0.1) is 25.7 Å². The third-order valence-corrected chi connectivity index (χ3v) is 4.36. The molecule has 0 saturated carbocycles. The van der Waals surface area contributed by atoms with Gasteiger partial charge in [-0.25, -0.2) is 0 Å². The van der Waals surface area contributed by atoms with Crippen LogP contribution < -0.4 is 9.47 Å². The second kappa shape index (κ2) is 16.3. The highest BCUT2D eigenvalue weighted by Crippen LogP contribution is 2.29. The summed E-state index contributed by atoms with van der Waals surface area (Å²) in [5.41, 5.74) is 2.37. The summed E-state index contributed by atoms with van der Waals surface area (Å²) >= 11 is 0. The van der Waals surface area contributed by atoms with Gasteiger partial charge >= 0.3 is 0 Å². The monoisotopic (exact) mass is 352 g/mol. The molecule has 1 aromatic carbocycles. The average Bonchev–Trinajstić information content (AvgIpc) is 2.66. The van der Waals surface area contributed by atoms with Gasteiger partial charge in [0.05, 0.1) is 13.2 Å². The third-order valence-electron chi connectivity index (χ3n) is 4.36. The molecule has 2 unspecified atom stereocenters. The Morgan fingerprint density at radius 1 is 0.760 bits per heavy atom. The maximum Gasteiger partial charge on any atom is 0.122 e. The van der Waals surface area contributed by atoms with Crippen molar-refractivity contribution in [3.63, 3.8) is 0 Å². The Morgan fingerprint density at radius 3 is 1.64 bits per heavy atom. The summed E-state index contributed by atoms with van der Waals surface area (Å²) in [4.78, 5) is 0. The van der Waals surface area contributed by atoms with Crippen LogP contribution in [-0.4, -0.2) is 13.2 Å². The molecule has 1 rings (SSSR count). The topological polar surface area (TPSA) is 18.5 Å². The molecule has 0 amide bonds. The normalized spacial score (nSPS) is 12.1. The average molecular weight is 353 g/mol. The zero-order valence-corrected chi connectivity index (χ0v) is 18.7. The van der Waals surface area contributed by atoms with Crippen LogP contribution in [0.2, 0.25) is 0 Å². The predicted molar refractivity (Wildman–Crippen MR) is 113 cm³/mol. The van der Waals surface area contributed by atoms with Crippen molar-refractivity contribution in [3.8, 4) is 11.5 Å². The van der Waals surface area contributed by atoms with Gasteiger partial charge in [-0.2, -0.15) is 0 Å². The molecule has 0 aliphatic carbocycles. The summed E-state index contributed by atoms with van der Waals surface area (Å²) < 4.78 is 11.6. The van der Waals surface area contributed by atoms with Crippen molar-refractivity contribution in [1.29, 1.82) is 0 Å². The molecule has 2 atom stereocenters. The van der Waals surface area contributed by atoms with Gasteiger partial charge in [-0.1, -0.05) is 61.3 Å². The lowest BCUT2D eigenvalue weighted by molar-refractivity contribution is 0.241. The summed E-state index contributed by atoms with van der Waals surface area (Å²) in [7, 11) is 0. The SMILES string of the molecule is CC.CC.CCOc1ccc(OCC(C)CCC(C)CC)c(C)c1C. The molecule has 2 nitrogen and oxygen atoms in total. The van der Waals surface area contributed by atoms with Crippen molar-refractivity contribution in [2.45, 2.75) is 88.5 Å². The van der Waals surface area contributed by atoms with E-state index < -0.39 is 0 Å². The maximum absolute atomic E-state index is 6.02. The molecule has 0 aromatic heterocycles. The number of hydrogen-bond acceptors (Lipinski definition) is 2. The standard InChI is InChI=1S/C19H32O2.2C2H6/c1-7-14(3)9-10-15(4)13-21-19-12-11-18(20-8-2)16(5)17(19)6;2*1-2/h11-12,14-15H,7-10,13H2,1-6H3;2*1-2H3. The lowest BCUT2D eigenvalue weighted by Crippen LogP contribution is -2.11. The highest BCUT2D eigenvalue weighted by Gasteiger charge is 2.10. The fraction of sp³-hybridized carbons (Fsp3) is 0.739. The minimum absolute atomic E-state index is 0.602. The van der Waals surface area contributed by atoms with Gasteiger partial charge in [0.2, 0.25) is 0 Å². The molecule has 0 radical (unpaired) electrons. The van der Waals surface area contributed by atoms with Gasteiger partial charge in [-0.3, -0.25) is 0 Å². The Balaban J connectivity index is 0. The van der Waals surface area contributed by atoms with Gasteiger partial charge in [-0.05, 0) is 62.3 Å². The molecule has 1 aromatic rings. The molecular formula is C23H44O2. The first-order chi connectivity index (χ1) is 12.0. The summed E-state index contributed by atoms with van der Waals surface area (Å²) in [6.07, 6.45) is 3.80. The largest absolute Gasteiger partial charge is 0.494 e. The number of benzene rings is 1. The second-order valence-electron chi connectivity index (χ2n) is 6.25. The summed E-state index contributed by atoms with van der Waals surface area (Å²) in [6, 6.07) is 4.06. The zero-order chi connectivity index (χ0) is 19.8. The molecule has 0 spiro atoms. The first kappa shape index (κ1) is 26.1. The minimum atomic E-state index is 0.602. The summed E-state index contributed by atoms with van der Waals surface area (Å²) in [6.45, 7) is 22.6. The van der Waals surface area contributed by atoms with Gasteiger partial charge in [0, 0.05) is 0 Å². The van der Waals surface area contributed by atoms with E-state index in [1.807, 2.05) is 46.8 Å². The van der Waals surface area contributed by atoms with E-state index in [1.54, 1.807) is 0 Å². The van der Waals surface area contributed by atoms with Crippen molar-refractivity contribution in [2.75, 3.05) is 13.2 Å². The van der Waals surface area contributed by atoms with Crippen molar-refractivity contribution >= 4 is 0 Å². The smallest absolute Gasteiger partial charge is 0.122 e. The predicted octanol–water partition coefficient (Wildman–Crippen LogP) is 7.60. The van der Waals surface area contributed by atoms with Crippen molar-refractivity contribution in [1.82, 2.24) is 0 Å². The summed E-state index contributed by atoms with van der Waals surface area (Å²) in [5.74, 6) is 3.38. The van der Waals surface area contributed by atoms with Crippen LogP contribution in [0.1, 0.15) is 85.8 Å². The maximum atomic E-state index is 6.02. The number of hydrogen-bond donors (Lipinski definition) is 0. The fourth-order valence-corrected chi connectivity index (χ4v) is 2.33. The van der Waals surface area contributed by atoms with E-state index in [-0.39, 0.29) is 0 Å². The van der Waals surface area contributed by atoms with Crippen molar-refractivity contribution < 1.29 is 9.47 Å². The van der Waals surface area contributed by atoms with Crippen LogP contribution in [0.25, 0.3) is 0 Å². The van der Waals surface area contributed by atoms with Crippen LogP contribution >= 0.6 is 0 Å². The highest BCUT2D eigenvalue weighted by atomic mass is 16.5. The lowest BCUT2D eigenvalue weighted by Gasteiger charge is -2.18. The molecule has 2 heteroatoms. The van der Waals surface area contributed by atoms with Crippen LogP contribution in [0.15, 0.2) is 12.1 Å². The van der Waals surface area contributed by atoms with E-state index in [1.165, 1.54) is 30.4 Å². The van der Waals surface area contributed by atoms with E-state index in [0.29, 0.717) is 12.5 Å². The molecular weight excluding hydrogens is 308 g/mol. The first-order valence-corrected chi connectivity index (χ1v) is 10.3. The molecule has 0 aliphatic rings.